The first-order valence-corrected chi connectivity index (χ1v) is 8.61. The average Bonchev–Trinajstić information content (AvgIpc) is 3.30. The second-order valence-electron chi connectivity index (χ2n) is 6.04. The fourth-order valence-corrected chi connectivity index (χ4v) is 3.48. The van der Waals surface area contributed by atoms with Gasteiger partial charge in [0, 0.05) is 18.2 Å². The maximum atomic E-state index is 12.5. The van der Waals surface area contributed by atoms with E-state index in [-0.39, 0.29) is 0 Å². The molecule has 1 aromatic rings. The minimum atomic E-state index is 0.299. The van der Waals surface area contributed by atoms with Crippen molar-refractivity contribution in [2.75, 3.05) is 5.75 Å². The van der Waals surface area contributed by atoms with E-state index in [0.717, 1.165) is 23.1 Å². The summed E-state index contributed by atoms with van der Waals surface area (Å²) in [6.45, 7) is 4.13. The molecule has 20 heavy (non-hydrogen) atoms. The summed E-state index contributed by atoms with van der Waals surface area (Å²) in [5, 5.41) is 3.86. The number of thioether (sulfide) groups is 1. The van der Waals surface area contributed by atoms with E-state index in [1.165, 1.54) is 25.7 Å². The molecule has 0 spiro atoms. The van der Waals surface area contributed by atoms with Crippen molar-refractivity contribution in [3.63, 3.8) is 0 Å². The first-order chi connectivity index (χ1) is 9.65. The molecule has 2 aliphatic carbocycles. The third-order valence-electron chi connectivity index (χ3n) is 4.12. The fourth-order valence-electron chi connectivity index (χ4n) is 2.72. The monoisotopic (exact) mass is 294 g/mol. The summed E-state index contributed by atoms with van der Waals surface area (Å²) in [5.74, 6) is 3.18. The Morgan fingerprint density at radius 2 is 2.25 bits per heavy atom. The van der Waals surface area contributed by atoms with Gasteiger partial charge in [-0.25, -0.2) is 0 Å². The maximum absolute atomic E-state index is 12.5. The van der Waals surface area contributed by atoms with Crippen molar-refractivity contribution in [1.82, 2.24) is 10.1 Å². The van der Waals surface area contributed by atoms with Gasteiger partial charge in [-0.1, -0.05) is 5.16 Å². The van der Waals surface area contributed by atoms with Crippen LogP contribution in [-0.4, -0.2) is 33.8 Å². The minimum absolute atomic E-state index is 0.299. The fraction of sp³-hybridized carbons (Fsp3) is 0.733. The topological polar surface area (TPSA) is 46.3 Å². The summed E-state index contributed by atoms with van der Waals surface area (Å²) >= 11 is 1.63. The van der Waals surface area contributed by atoms with Crippen molar-refractivity contribution < 1.29 is 9.32 Å². The summed E-state index contributed by atoms with van der Waals surface area (Å²) in [6.07, 6.45) is 4.97. The van der Waals surface area contributed by atoms with Gasteiger partial charge in [-0.05, 0) is 45.4 Å². The number of aryl methyl sites for hydroxylation is 1. The Balaban J connectivity index is 1.49. The lowest BCUT2D eigenvalue weighted by molar-refractivity contribution is -0.131. The molecule has 1 heterocycles. The summed E-state index contributed by atoms with van der Waals surface area (Å²) < 4.78 is 5.17. The van der Waals surface area contributed by atoms with Crippen LogP contribution in [-0.2, 0) is 10.5 Å². The van der Waals surface area contributed by atoms with E-state index in [4.69, 9.17) is 4.52 Å². The summed E-state index contributed by atoms with van der Waals surface area (Å²) in [7, 11) is 0. The molecule has 1 atom stereocenters. The Hall–Kier alpha value is -0.970. The summed E-state index contributed by atoms with van der Waals surface area (Å²) in [4.78, 5) is 14.6. The van der Waals surface area contributed by atoms with Gasteiger partial charge in [0.15, 0.2) is 0 Å². The third kappa shape index (κ3) is 3.37. The van der Waals surface area contributed by atoms with E-state index >= 15 is 0 Å². The van der Waals surface area contributed by atoms with Gasteiger partial charge in [0.1, 0.15) is 5.76 Å². The number of carbonyl (C=O) groups excluding carboxylic acids is 1. The average molecular weight is 294 g/mol. The van der Waals surface area contributed by atoms with Crippen molar-refractivity contribution in [1.29, 1.82) is 0 Å². The molecule has 0 bridgehead atoms. The van der Waals surface area contributed by atoms with Gasteiger partial charge in [0.05, 0.1) is 17.2 Å². The molecule has 0 saturated heterocycles. The number of hydrogen-bond donors (Lipinski definition) is 0. The summed E-state index contributed by atoms with van der Waals surface area (Å²) in [6, 6.07) is 2.89. The minimum Gasteiger partial charge on any atom is -0.360 e. The predicted octanol–water partition coefficient (Wildman–Crippen LogP) is 3.01. The van der Waals surface area contributed by atoms with Gasteiger partial charge >= 0.3 is 0 Å². The van der Waals surface area contributed by atoms with Crippen molar-refractivity contribution in [3.05, 3.63) is 17.5 Å². The van der Waals surface area contributed by atoms with Crippen molar-refractivity contribution in [2.45, 2.75) is 57.4 Å². The standard InChI is InChI=1S/C15H22N2O2S/c1-10-7-14(19-16-10)8-20-9-15(18)17(13-5-6-13)11(2)12-3-4-12/h7,11-13H,3-6,8-9H2,1-2H3/t11-/m0/s1. The van der Waals surface area contributed by atoms with Crippen LogP contribution in [0.1, 0.15) is 44.1 Å². The molecule has 5 heteroatoms. The third-order valence-corrected chi connectivity index (χ3v) is 5.06. The predicted molar refractivity (Wildman–Crippen MR) is 79.5 cm³/mol. The van der Waals surface area contributed by atoms with Gasteiger partial charge < -0.3 is 9.42 Å². The lowest BCUT2D eigenvalue weighted by Gasteiger charge is -2.29. The maximum Gasteiger partial charge on any atom is 0.233 e. The molecule has 2 saturated carbocycles. The van der Waals surface area contributed by atoms with Gasteiger partial charge in [-0.3, -0.25) is 4.79 Å². The number of nitrogens with zero attached hydrogens (tertiary/aromatic N) is 2. The highest BCUT2D eigenvalue weighted by atomic mass is 32.2. The highest BCUT2D eigenvalue weighted by molar-refractivity contribution is 7.99. The van der Waals surface area contributed by atoms with E-state index in [0.29, 0.717) is 23.7 Å². The SMILES string of the molecule is Cc1cc(CSCC(=O)N(C2CC2)[C@@H](C)C2CC2)on1. The van der Waals surface area contributed by atoms with Crippen LogP contribution in [0.4, 0.5) is 0 Å². The Bertz CT molecular complexity index is 480. The normalized spacial score (nSPS) is 19.9. The molecule has 110 valence electrons. The molecule has 2 aliphatic rings. The first kappa shape index (κ1) is 14.0. The number of rotatable bonds is 7. The Morgan fingerprint density at radius 3 is 2.80 bits per heavy atom. The lowest BCUT2D eigenvalue weighted by Crippen LogP contribution is -2.42. The largest absolute Gasteiger partial charge is 0.360 e. The molecular weight excluding hydrogens is 272 g/mol. The van der Waals surface area contributed by atoms with Crippen LogP contribution in [0.25, 0.3) is 0 Å². The Kier molecular flexibility index (Phi) is 4.06. The molecule has 0 aliphatic heterocycles. The molecule has 0 aromatic carbocycles. The van der Waals surface area contributed by atoms with Crippen LogP contribution in [0.15, 0.2) is 10.6 Å². The highest BCUT2D eigenvalue weighted by Gasteiger charge is 2.41. The Morgan fingerprint density at radius 1 is 1.50 bits per heavy atom. The van der Waals surface area contributed by atoms with Gasteiger partial charge in [0.2, 0.25) is 5.91 Å². The second kappa shape index (κ2) is 5.80. The molecular formula is C15H22N2O2S. The van der Waals surface area contributed by atoms with Crippen LogP contribution in [0.3, 0.4) is 0 Å². The van der Waals surface area contributed by atoms with Crippen LogP contribution in [0.2, 0.25) is 0 Å². The van der Waals surface area contributed by atoms with E-state index in [9.17, 15) is 4.79 Å². The number of amides is 1. The second-order valence-corrected chi connectivity index (χ2v) is 7.02. The van der Waals surface area contributed by atoms with E-state index in [2.05, 4.69) is 17.0 Å². The van der Waals surface area contributed by atoms with Gasteiger partial charge in [-0.15, -0.1) is 11.8 Å². The molecule has 0 unspecified atom stereocenters. The van der Waals surface area contributed by atoms with Crippen molar-refractivity contribution in [3.8, 4) is 0 Å². The highest BCUT2D eigenvalue weighted by Crippen LogP contribution is 2.40. The molecule has 4 nitrogen and oxygen atoms in total. The van der Waals surface area contributed by atoms with Crippen LogP contribution in [0, 0.1) is 12.8 Å². The Labute approximate surface area is 124 Å². The van der Waals surface area contributed by atoms with Crippen molar-refractivity contribution in [2.24, 2.45) is 5.92 Å². The van der Waals surface area contributed by atoms with Gasteiger partial charge in [0.25, 0.3) is 0 Å². The lowest BCUT2D eigenvalue weighted by atomic mass is 10.2. The van der Waals surface area contributed by atoms with E-state index in [1.54, 1.807) is 11.8 Å². The van der Waals surface area contributed by atoms with E-state index < -0.39 is 0 Å². The zero-order valence-electron chi connectivity index (χ0n) is 12.2. The molecule has 1 amide bonds. The number of aromatic nitrogens is 1. The molecule has 2 fully saturated rings. The summed E-state index contributed by atoms with van der Waals surface area (Å²) in [5.41, 5.74) is 0.897. The zero-order chi connectivity index (χ0) is 14.1. The number of carbonyl (C=O) groups is 1. The zero-order valence-corrected chi connectivity index (χ0v) is 13.0. The van der Waals surface area contributed by atoms with Crippen molar-refractivity contribution >= 4 is 17.7 Å². The smallest absolute Gasteiger partial charge is 0.233 e. The van der Waals surface area contributed by atoms with Crippen LogP contribution >= 0.6 is 11.8 Å². The first-order valence-electron chi connectivity index (χ1n) is 7.46. The molecule has 1 aromatic heterocycles. The molecule has 0 N–H and O–H groups in total. The van der Waals surface area contributed by atoms with Crippen LogP contribution < -0.4 is 0 Å². The molecule has 0 radical (unpaired) electrons. The van der Waals surface area contributed by atoms with Gasteiger partial charge in [-0.2, -0.15) is 0 Å². The molecule has 3 rings (SSSR count). The van der Waals surface area contributed by atoms with E-state index in [1.807, 2.05) is 13.0 Å². The quantitative estimate of drug-likeness (QED) is 0.775. The van der Waals surface area contributed by atoms with Crippen LogP contribution in [0.5, 0.6) is 0 Å². The number of hydrogen-bond acceptors (Lipinski definition) is 4.